The van der Waals surface area contributed by atoms with Crippen LogP contribution in [-0.4, -0.2) is 43.7 Å². The van der Waals surface area contributed by atoms with Crippen LogP contribution in [0.15, 0.2) is 91.3 Å². The van der Waals surface area contributed by atoms with E-state index in [1.165, 1.54) is 10.9 Å². The van der Waals surface area contributed by atoms with E-state index in [0.29, 0.717) is 12.8 Å². The number of piperidine rings is 1. The second-order valence-electron chi connectivity index (χ2n) is 11.2. The first-order valence-corrected chi connectivity index (χ1v) is 14.9. The molecule has 8 nitrogen and oxygen atoms in total. The number of benzene rings is 3. The second kappa shape index (κ2) is 11.7. The summed E-state index contributed by atoms with van der Waals surface area (Å²) in [6.45, 7) is 1.73. The van der Waals surface area contributed by atoms with Gasteiger partial charge < -0.3 is 20.6 Å². The summed E-state index contributed by atoms with van der Waals surface area (Å²) in [4.78, 5) is 20.4. The minimum Gasteiger partial charge on any atom is -0.361 e. The van der Waals surface area contributed by atoms with E-state index in [9.17, 15) is 4.79 Å². The predicted octanol–water partition coefficient (Wildman–Crippen LogP) is 5.41. The number of fused-ring (bicyclic) bond motifs is 2. The Morgan fingerprint density at radius 2 is 1.45 bits per heavy atom. The number of aryl methyl sites for hydroxylation is 2. The summed E-state index contributed by atoms with van der Waals surface area (Å²) in [5, 5.41) is 18.7. The number of nitrogens with one attached hydrogen (secondary N) is 4. The van der Waals surface area contributed by atoms with Gasteiger partial charge in [-0.3, -0.25) is 9.36 Å². The van der Waals surface area contributed by atoms with Crippen LogP contribution < -0.4 is 10.6 Å². The normalized spacial score (nSPS) is 14.9. The van der Waals surface area contributed by atoms with Crippen LogP contribution in [0.1, 0.15) is 41.7 Å². The third kappa shape index (κ3) is 5.21. The van der Waals surface area contributed by atoms with Gasteiger partial charge in [0.1, 0.15) is 5.82 Å². The van der Waals surface area contributed by atoms with Gasteiger partial charge in [0.2, 0.25) is 5.91 Å². The molecule has 0 aliphatic carbocycles. The first kappa shape index (κ1) is 26.2. The predicted molar refractivity (Wildman–Crippen MR) is 166 cm³/mol. The van der Waals surface area contributed by atoms with Gasteiger partial charge in [-0.25, -0.2) is 0 Å². The molecule has 7 rings (SSSR count). The summed E-state index contributed by atoms with van der Waals surface area (Å²) in [5.74, 6) is 1.71. The maximum Gasteiger partial charge on any atom is 0.223 e. The molecule has 1 aliphatic rings. The molecule has 1 fully saturated rings. The summed E-state index contributed by atoms with van der Waals surface area (Å²) < 4.78 is 2.15. The summed E-state index contributed by atoms with van der Waals surface area (Å²) in [5.41, 5.74) is 5.61. The largest absolute Gasteiger partial charge is 0.361 e. The van der Waals surface area contributed by atoms with Crippen molar-refractivity contribution in [3.05, 3.63) is 114 Å². The number of H-pyrrole nitrogens is 2. The van der Waals surface area contributed by atoms with Crippen LogP contribution >= 0.6 is 0 Å². The lowest BCUT2D eigenvalue weighted by Gasteiger charge is -2.25. The van der Waals surface area contributed by atoms with Gasteiger partial charge in [0.15, 0.2) is 5.82 Å². The molecular formula is C34H35N7O. The van der Waals surface area contributed by atoms with Crippen LogP contribution in [0.4, 0.5) is 0 Å². The first-order valence-electron chi connectivity index (χ1n) is 14.9. The van der Waals surface area contributed by atoms with Gasteiger partial charge in [0, 0.05) is 58.6 Å². The lowest BCUT2D eigenvalue weighted by molar-refractivity contribution is -0.126. The van der Waals surface area contributed by atoms with E-state index in [2.05, 4.69) is 86.1 Å². The second-order valence-corrected chi connectivity index (χ2v) is 11.2. The Morgan fingerprint density at radius 3 is 2.19 bits per heavy atom. The van der Waals surface area contributed by atoms with Gasteiger partial charge in [0.05, 0.1) is 6.04 Å². The van der Waals surface area contributed by atoms with Crippen molar-refractivity contribution >= 4 is 27.7 Å². The van der Waals surface area contributed by atoms with Crippen LogP contribution in [0.2, 0.25) is 0 Å². The highest BCUT2D eigenvalue weighted by molar-refractivity contribution is 5.84. The SMILES string of the molecule is O=C(NC(Cc1c[nH]c2ccccc12)c1nnc(CCc2c[nH]c3ccccc23)n1-c1ccccc1)C1CCNCC1. The topological polar surface area (TPSA) is 103 Å². The van der Waals surface area contributed by atoms with E-state index in [4.69, 9.17) is 10.2 Å². The zero-order chi connectivity index (χ0) is 28.3. The molecule has 1 saturated heterocycles. The van der Waals surface area contributed by atoms with Gasteiger partial charge >= 0.3 is 0 Å². The molecule has 1 amide bonds. The van der Waals surface area contributed by atoms with Crippen molar-refractivity contribution in [1.29, 1.82) is 0 Å². The molecule has 6 aromatic rings. The van der Waals surface area contributed by atoms with Crippen molar-refractivity contribution in [3.63, 3.8) is 0 Å². The zero-order valence-electron chi connectivity index (χ0n) is 23.5. The number of hydrogen-bond donors (Lipinski definition) is 4. The lowest BCUT2D eigenvalue weighted by Crippen LogP contribution is -2.40. The summed E-state index contributed by atoms with van der Waals surface area (Å²) in [6, 6.07) is 26.6. The molecule has 8 heteroatoms. The number of para-hydroxylation sites is 3. The van der Waals surface area contributed by atoms with Crippen LogP contribution in [0.3, 0.4) is 0 Å². The Labute approximate surface area is 244 Å². The summed E-state index contributed by atoms with van der Waals surface area (Å²) in [7, 11) is 0. The standard InChI is InChI=1S/C34H35N7O/c42-34(23-16-18-35-19-17-23)38-31(20-25-22-37-30-13-7-5-11-28(25)30)33-40-39-32(41(33)26-8-2-1-3-9-26)15-14-24-21-36-29-12-6-4-10-27(24)29/h1-13,21-23,31,35-37H,14-20H2,(H,38,42). The Kier molecular flexibility index (Phi) is 7.28. The monoisotopic (exact) mass is 557 g/mol. The maximum atomic E-state index is 13.6. The Morgan fingerprint density at radius 1 is 0.810 bits per heavy atom. The van der Waals surface area contributed by atoms with Crippen molar-refractivity contribution in [2.75, 3.05) is 13.1 Å². The number of aromatic nitrogens is 5. The van der Waals surface area contributed by atoms with E-state index in [1.54, 1.807) is 0 Å². The third-order valence-corrected chi connectivity index (χ3v) is 8.50. The first-order chi connectivity index (χ1) is 20.7. The fraction of sp³-hybridized carbons (Fsp3) is 0.265. The minimum absolute atomic E-state index is 0.00819. The number of nitrogens with zero attached hydrogens (tertiary/aromatic N) is 3. The Balaban J connectivity index is 1.26. The highest BCUT2D eigenvalue weighted by atomic mass is 16.2. The maximum absolute atomic E-state index is 13.6. The fourth-order valence-corrected chi connectivity index (χ4v) is 6.26. The van der Waals surface area contributed by atoms with E-state index in [-0.39, 0.29) is 17.9 Å². The average Bonchev–Trinajstić information content (AvgIpc) is 3.77. The van der Waals surface area contributed by atoms with E-state index < -0.39 is 0 Å². The highest BCUT2D eigenvalue weighted by Gasteiger charge is 2.29. The van der Waals surface area contributed by atoms with Gasteiger partial charge in [-0.15, -0.1) is 10.2 Å². The molecule has 3 aromatic heterocycles. The van der Waals surface area contributed by atoms with Crippen molar-refractivity contribution in [2.45, 2.75) is 38.1 Å². The molecule has 1 atom stereocenters. The highest BCUT2D eigenvalue weighted by Crippen LogP contribution is 2.28. The quantitative estimate of drug-likeness (QED) is 0.191. The zero-order valence-corrected chi connectivity index (χ0v) is 23.5. The Bertz CT molecular complexity index is 1810. The van der Waals surface area contributed by atoms with Gasteiger partial charge in [-0.05, 0) is 67.7 Å². The number of hydrogen-bond acceptors (Lipinski definition) is 4. The number of amides is 1. The van der Waals surface area contributed by atoms with E-state index in [1.807, 2.05) is 30.3 Å². The van der Waals surface area contributed by atoms with Gasteiger partial charge in [0.25, 0.3) is 0 Å². The molecule has 0 bridgehead atoms. The fourth-order valence-electron chi connectivity index (χ4n) is 6.26. The summed E-state index contributed by atoms with van der Waals surface area (Å²) in [6.07, 6.45) is 7.96. The molecular weight excluding hydrogens is 522 g/mol. The third-order valence-electron chi connectivity index (χ3n) is 8.50. The summed E-state index contributed by atoms with van der Waals surface area (Å²) >= 11 is 0. The van der Waals surface area contributed by atoms with Gasteiger partial charge in [-0.1, -0.05) is 54.6 Å². The molecule has 42 heavy (non-hydrogen) atoms. The molecule has 0 saturated carbocycles. The van der Waals surface area contributed by atoms with Crippen molar-refractivity contribution < 1.29 is 4.79 Å². The smallest absolute Gasteiger partial charge is 0.223 e. The van der Waals surface area contributed by atoms with Crippen LogP contribution in [0.5, 0.6) is 0 Å². The molecule has 212 valence electrons. The van der Waals surface area contributed by atoms with Crippen molar-refractivity contribution in [3.8, 4) is 5.69 Å². The number of carbonyl (C=O) groups is 1. The molecule has 0 radical (unpaired) electrons. The Hall–Kier alpha value is -4.69. The molecule has 1 aliphatic heterocycles. The van der Waals surface area contributed by atoms with Gasteiger partial charge in [-0.2, -0.15) is 0 Å². The average molecular weight is 558 g/mol. The minimum atomic E-state index is -0.346. The number of rotatable bonds is 9. The van der Waals surface area contributed by atoms with Crippen LogP contribution in [0.25, 0.3) is 27.5 Å². The number of carbonyl (C=O) groups excluding carboxylic acids is 1. The molecule has 3 aromatic carbocycles. The van der Waals surface area contributed by atoms with E-state index >= 15 is 0 Å². The van der Waals surface area contributed by atoms with Crippen LogP contribution in [-0.2, 0) is 24.1 Å². The lowest BCUT2D eigenvalue weighted by atomic mass is 9.96. The van der Waals surface area contributed by atoms with E-state index in [0.717, 1.165) is 71.7 Å². The van der Waals surface area contributed by atoms with Crippen molar-refractivity contribution in [2.24, 2.45) is 5.92 Å². The molecule has 1 unspecified atom stereocenters. The molecule has 4 N–H and O–H groups in total. The molecule has 0 spiro atoms. The number of aromatic amines is 2. The van der Waals surface area contributed by atoms with Crippen LogP contribution in [0, 0.1) is 5.92 Å². The molecule has 4 heterocycles. The van der Waals surface area contributed by atoms with Crippen molar-refractivity contribution in [1.82, 2.24) is 35.4 Å².